The Morgan fingerprint density at radius 3 is 2.30 bits per heavy atom. The Morgan fingerprint density at radius 2 is 1.85 bits per heavy atom. The molecule has 0 rings (SSSR count). The molecule has 0 saturated heterocycles. The van der Waals surface area contributed by atoms with Crippen molar-refractivity contribution >= 4 is 12.0 Å². The van der Waals surface area contributed by atoms with Crippen LogP contribution in [0.2, 0.25) is 0 Å². The van der Waals surface area contributed by atoms with Gasteiger partial charge in [0.1, 0.15) is 0 Å². The summed E-state index contributed by atoms with van der Waals surface area (Å²) in [6.07, 6.45) is 3.82. The van der Waals surface area contributed by atoms with Gasteiger partial charge in [0.05, 0.1) is 0 Å². The molecule has 20 heavy (non-hydrogen) atoms. The van der Waals surface area contributed by atoms with E-state index in [1.807, 2.05) is 6.92 Å². The zero-order valence-electron chi connectivity index (χ0n) is 13.2. The van der Waals surface area contributed by atoms with Crippen molar-refractivity contribution in [2.75, 3.05) is 6.54 Å². The van der Waals surface area contributed by atoms with Crippen molar-refractivity contribution in [1.29, 1.82) is 0 Å². The van der Waals surface area contributed by atoms with E-state index in [1.165, 1.54) is 0 Å². The lowest BCUT2D eigenvalue weighted by molar-refractivity contribution is -0.138. The summed E-state index contributed by atoms with van der Waals surface area (Å²) in [7, 11) is 0. The van der Waals surface area contributed by atoms with E-state index in [-0.39, 0.29) is 24.4 Å². The monoisotopic (exact) mass is 286 g/mol. The van der Waals surface area contributed by atoms with Crippen LogP contribution in [0.4, 0.5) is 4.79 Å². The first-order valence-corrected chi connectivity index (χ1v) is 7.65. The first-order chi connectivity index (χ1) is 9.38. The van der Waals surface area contributed by atoms with Crippen molar-refractivity contribution in [3.05, 3.63) is 0 Å². The van der Waals surface area contributed by atoms with E-state index in [2.05, 4.69) is 31.4 Å². The quantitative estimate of drug-likeness (QED) is 0.577. The minimum atomic E-state index is -0.810. The van der Waals surface area contributed by atoms with Crippen LogP contribution in [-0.2, 0) is 4.79 Å². The number of carboxylic acids is 1. The summed E-state index contributed by atoms with van der Waals surface area (Å²) in [4.78, 5) is 22.6. The molecule has 5 nitrogen and oxygen atoms in total. The van der Waals surface area contributed by atoms with E-state index in [0.29, 0.717) is 12.5 Å². The molecule has 0 radical (unpaired) electrons. The van der Waals surface area contributed by atoms with Crippen LogP contribution in [0.25, 0.3) is 0 Å². The van der Waals surface area contributed by atoms with Gasteiger partial charge in [0.15, 0.2) is 0 Å². The average molecular weight is 286 g/mol. The average Bonchev–Trinajstić information content (AvgIpc) is 2.34. The lowest BCUT2D eigenvalue weighted by Gasteiger charge is -2.20. The van der Waals surface area contributed by atoms with Crippen LogP contribution < -0.4 is 10.6 Å². The third-order valence-electron chi connectivity index (χ3n) is 3.28. The molecule has 0 aliphatic heterocycles. The molecule has 0 aliphatic rings. The molecule has 2 amide bonds. The number of hydrogen-bond donors (Lipinski definition) is 3. The topological polar surface area (TPSA) is 78.4 Å². The number of nitrogens with one attached hydrogen (secondary N) is 2. The Morgan fingerprint density at radius 1 is 1.20 bits per heavy atom. The standard InChI is InChI=1S/C15H30N2O3/c1-5-7-13(6-2)17-15(20)16-10-12(8-11(3)4)9-14(18)19/h11-13H,5-10H2,1-4H3,(H,18,19)(H2,16,17,20). The Kier molecular flexibility index (Phi) is 9.86. The van der Waals surface area contributed by atoms with Crippen LogP contribution in [0.3, 0.4) is 0 Å². The summed E-state index contributed by atoms with van der Waals surface area (Å²) in [6.45, 7) is 8.67. The third kappa shape index (κ3) is 9.64. The molecule has 118 valence electrons. The molecular weight excluding hydrogens is 256 g/mol. The smallest absolute Gasteiger partial charge is 0.315 e. The van der Waals surface area contributed by atoms with Gasteiger partial charge in [-0.2, -0.15) is 0 Å². The van der Waals surface area contributed by atoms with Gasteiger partial charge in [-0.3, -0.25) is 4.79 Å². The molecule has 0 bridgehead atoms. The molecule has 0 heterocycles. The first kappa shape index (κ1) is 18.7. The second-order valence-corrected chi connectivity index (χ2v) is 5.84. The van der Waals surface area contributed by atoms with E-state index >= 15 is 0 Å². The molecule has 3 N–H and O–H groups in total. The fourth-order valence-electron chi connectivity index (χ4n) is 2.35. The van der Waals surface area contributed by atoms with E-state index in [1.54, 1.807) is 0 Å². The number of carbonyl (C=O) groups excluding carboxylic acids is 1. The molecule has 0 aromatic heterocycles. The number of carbonyl (C=O) groups is 2. The van der Waals surface area contributed by atoms with Crippen molar-refractivity contribution in [1.82, 2.24) is 10.6 Å². The van der Waals surface area contributed by atoms with Gasteiger partial charge >= 0.3 is 12.0 Å². The second kappa shape index (κ2) is 10.5. The number of urea groups is 1. The molecule has 0 aromatic carbocycles. The predicted octanol–water partition coefficient (Wildman–Crippen LogP) is 3.00. The van der Waals surface area contributed by atoms with Crippen LogP contribution in [0, 0.1) is 11.8 Å². The largest absolute Gasteiger partial charge is 0.481 e. The Balaban J connectivity index is 4.17. The maximum Gasteiger partial charge on any atom is 0.315 e. The SMILES string of the molecule is CCCC(CC)NC(=O)NCC(CC(=O)O)CC(C)C. The van der Waals surface area contributed by atoms with Crippen molar-refractivity contribution < 1.29 is 14.7 Å². The fourth-order valence-corrected chi connectivity index (χ4v) is 2.35. The highest BCUT2D eigenvalue weighted by molar-refractivity contribution is 5.74. The molecule has 2 atom stereocenters. The van der Waals surface area contributed by atoms with E-state index in [4.69, 9.17) is 5.11 Å². The summed E-state index contributed by atoms with van der Waals surface area (Å²) in [5.74, 6) is -0.396. The normalized spacial score (nSPS) is 13.8. The summed E-state index contributed by atoms with van der Waals surface area (Å²) in [5.41, 5.74) is 0. The minimum absolute atomic E-state index is 0.00972. The summed E-state index contributed by atoms with van der Waals surface area (Å²) < 4.78 is 0. The molecule has 0 aliphatic carbocycles. The van der Waals surface area contributed by atoms with Gasteiger partial charge < -0.3 is 15.7 Å². The van der Waals surface area contributed by atoms with Crippen LogP contribution in [0.15, 0.2) is 0 Å². The lowest BCUT2D eigenvalue weighted by Crippen LogP contribution is -2.43. The Labute approximate surface area is 122 Å². The van der Waals surface area contributed by atoms with Gasteiger partial charge in [0.25, 0.3) is 0 Å². The van der Waals surface area contributed by atoms with Crippen molar-refractivity contribution in [3.63, 3.8) is 0 Å². The fraction of sp³-hybridized carbons (Fsp3) is 0.867. The third-order valence-corrected chi connectivity index (χ3v) is 3.28. The Bertz CT molecular complexity index is 293. The van der Waals surface area contributed by atoms with Crippen molar-refractivity contribution in [2.24, 2.45) is 11.8 Å². The highest BCUT2D eigenvalue weighted by Gasteiger charge is 2.16. The molecule has 5 heteroatoms. The molecule has 0 spiro atoms. The van der Waals surface area contributed by atoms with Gasteiger partial charge in [-0.15, -0.1) is 0 Å². The maximum atomic E-state index is 11.8. The van der Waals surface area contributed by atoms with Gasteiger partial charge in [-0.05, 0) is 31.1 Å². The van der Waals surface area contributed by atoms with Gasteiger partial charge in [-0.25, -0.2) is 4.79 Å². The van der Waals surface area contributed by atoms with Gasteiger partial charge in [0, 0.05) is 19.0 Å². The highest BCUT2D eigenvalue weighted by Crippen LogP contribution is 2.14. The molecule has 2 unspecified atom stereocenters. The molecular formula is C15H30N2O3. The highest BCUT2D eigenvalue weighted by atomic mass is 16.4. The van der Waals surface area contributed by atoms with E-state index < -0.39 is 5.97 Å². The number of aliphatic carboxylic acids is 1. The summed E-state index contributed by atoms with van der Waals surface area (Å²) in [6, 6.07) is 0.00691. The number of hydrogen-bond acceptors (Lipinski definition) is 2. The van der Waals surface area contributed by atoms with Gasteiger partial charge in [-0.1, -0.05) is 34.1 Å². The number of carboxylic acid groups (broad SMARTS) is 1. The lowest BCUT2D eigenvalue weighted by atomic mass is 9.94. The van der Waals surface area contributed by atoms with E-state index in [0.717, 1.165) is 25.7 Å². The predicted molar refractivity (Wildman–Crippen MR) is 80.7 cm³/mol. The molecule has 0 saturated carbocycles. The van der Waals surface area contributed by atoms with Crippen molar-refractivity contribution in [3.8, 4) is 0 Å². The van der Waals surface area contributed by atoms with Crippen molar-refractivity contribution in [2.45, 2.75) is 65.8 Å². The summed E-state index contributed by atoms with van der Waals surface area (Å²) >= 11 is 0. The second-order valence-electron chi connectivity index (χ2n) is 5.84. The molecule has 0 aromatic rings. The minimum Gasteiger partial charge on any atom is -0.481 e. The number of amides is 2. The van der Waals surface area contributed by atoms with Crippen LogP contribution in [-0.4, -0.2) is 29.7 Å². The van der Waals surface area contributed by atoms with Crippen LogP contribution >= 0.6 is 0 Å². The van der Waals surface area contributed by atoms with Crippen LogP contribution in [0.5, 0.6) is 0 Å². The zero-order valence-corrected chi connectivity index (χ0v) is 13.2. The van der Waals surface area contributed by atoms with Crippen LogP contribution in [0.1, 0.15) is 59.8 Å². The maximum absolute atomic E-state index is 11.8. The zero-order chi connectivity index (χ0) is 15.5. The first-order valence-electron chi connectivity index (χ1n) is 7.65. The number of rotatable bonds is 10. The molecule has 0 fully saturated rings. The Hall–Kier alpha value is -1.26. The van der Waals surface area contributed by atoms with Gasteiger partial charge in [0.2, 0.25) is 0 Å². The summed E-state index contributed by atoms with van der Waals surface area (Å²) in [5, 5.41) is 14.6. The van der Waals surface area contributed by atoms with E-state index in [9.17, 15) is 9.59 Å².